The van der Waals surface area contributed by atoms with Gasteiger partial charge in [-0.25, -0.2) is 9.37 Å². The van der Waals surface area contributed by atoms with Gasteiger partial charge in [0.15, 0.2) is 0 Å². The van der Waals surface area contributed by atoms with E-state index in [-0.39, 0.29) is 19.0 Å². The molecule has 0 saturated carbocycles. The topological polar surface area (TPSA) is 65.1 Å². The molecule has 6 heteroatoms. The molecule has 0 radical (unpaired) electrons. The zero-order chi connectivity index (χ0) is 14.5. The normalized spacial score (nSPS) is 11.2. The first-order chi connectivity index (χ1) is 9.69. The van der Waals surface area contributed by atoms with E-state index in [0.29, 0.717) is 24.4 Å². The molecule has 0 spiro atoms. The van der Waals surface area contributed by atoms with Crippen LogP contribution in [0.15, 0.2) is 18.2 Å². The number of nitriles is 1. The van der Waals surface area contributed by atoms with Crippen molar-refractivity contribution in [2.75, 3.05) is 19.7 Å². The molecule has 1 aromatic heterocycles. The Morgan fingerprint density at radius 2 is 2.30 bits per heavy atom. The van der Waals surface area contributed by atoms with Crippen LogP contribution in [-0.2, 0) is 13.1 Å². The second-order valence-electron chi connectivity index (χ2n) is 4.50. The summed E-state index contributed by atoms with van der Waals surface area (Å²) in [6, 6.07) is 6.48. The monoisotopic (exact) mass is 276 g/mol. The Bertz CT molecular complexity index is 632. The molecule has 20 heavy (non-hydrogen) atoms. The standard InChI is InChI=1S/C14H17FN4O/c1-2-18(7-8-20)10-14-17-12-9-11(15)3-4-13(12)19(14)6-5-16/h3-4,9,20H,2,6-8,10H2,1H3. The molecule has 0 unspecified atom stereocenters. The van der Waals surface area contributed by atoms with Crippen molar-refractivity contribution in [3.8, 4) is 6.07 Å². The molecule has 5 nitrogen and oxygen atoms in total. The van der Waals surface area contributed by atoms with Crippen LogP contribution in [0.3, 0.4) is 0 Å². The molecule has 0 aliphatic rings. The summed E-state index contributed by atoms with van der Waals surface area (Å²) >= 11 is 0. The molecule has 0 aliphatic heterocycles. The summed E-state index contributed by atoms with van der Waals surface area (Å²) in [7, 11) is 0. The lowest BCUT2D eigenvalue weighted by Crippen LogP contribution is -2.27. The molecule has 1 N–H and O–H groups in total. The SMILES string of the molecule is CCN(CCO)Cc1nc2cc(F)ccc2n1CC#N. The molecule has 0 fully saturated rings. The minimum atomic E-state index is -0.339. The van der Waals surface area contributed by atoms with Crippen LogP contribution < -0.4 is 0 Å². The number of hydrogen-bond acceptors (Lipinski definition) is 4. The van der Waals surface area contributed by atoms with Crippen molar-refractivity contribution in [3.63, 3.8) is 0 Å². The summed E-state index contributed by atoms with van der Waals surface area (Å²) in [4.78, 5) is 6.43. The first kappa shape index (κ1) is 14.4. The second kappa shape index (κ2) is 6.46. The number of aliphatic hydroxyl groups excluding tert-OH is 1. The van der Waals surface area contributed by atoms with Crippen molar-refractivity contribution in [3.05, 3.63) is 29.8 Å². The summed E-state index contributed by atoms with van der Waals surface area (Å²) in [5.74, 6) is 0.371. The van der Waals surface area contributed by atoms with Crippen LogP contribution in [-0.4, -0.2) is 39.3 Å². The predicted molar refractivity (Wildman–Crippen MR) is 73.3 cm³/mol. The molecule has 0 saturated heterocycles. The van der Waals surface area contributed by atoms with E-state index in [0.717, 1.165) is 12.1 Å². The molecular formula is C14H17FN4O. The number of benzene rings is 1. The van der Waals surface area contributed by atoms with Crippen LogP contribution in [0.5, 0.6) is 0 Å². The van der Waals surface area contributed by atoms with Gasteiger partial charge in [-0.1, -0.05) is 6.92 Å². The zero-order valence-electron chi connectivity index (χ0n) is 11.4. The quantitative estimate of drug-likeness (QED) is 0.868. The highest BCUT2D eigenvalue weighted by atomic mass is 19.1. The van der Waals surface area contributed by atoms with Crippen molar-refractivity contribution in [1.29, 1.82) is 5.26 Å². The highest BCUT2D eigenvalue weighted by molar-refractivity contribution is 5.76. The molecule has 106 valence electrons. The van der Waals surface area contributed by atoms with Gasteiger partial charge in [0.2, 0.25) is 0 Å². The van der Waals surface area contributed by atoms with Gasteiger partial charge < -0.3 is 9.67 Å². The lowest BCUT2D eigenvalue weighted by atomic mass is 10.3. The van der Waals surface area contributed by atoms with E-state index < -0.39 is 0 Å². The first-order valence-corrected chi connectivity index (χ1v) is 6.54. The summed E-state index contributed by atoms with van der Waals surface area (Å²) in [5, 5.41) is 18.0. The van der Waals surface area contributed by atoms with Crippen molar-refractivity contribution in [2.45, 2.75) is 20.0 Å². The number of halogens is 1. The van der Waals surface area contributed by atoms with Gasteiger partial charge in [-0.2, -0.15) is 5.26 Å². The number of aromatic nitrogens is 2. The third-order valence-corrected chi connectivity index (χ3v) is 3.25. The molecule has 1 aromatic carbocycles. The van der Waals surface area contributed by atoms with E-state index in [1.807, 2.05) is 11.8 Å². The van der Waals surface area contributed by atoms with Gasteiger partial charge in [-0.05, 0) is 18.7 Å². The largest absolute Gasteiger partial charge is 0.395 e. The van der Waals surface area contributed by atoms with Gasteiger partial charge in [-0.15, -0.1) is 0 Å². The van der Waals surface area contributed by atoms with Crippen molar-refractivity contribution < 1.29 is 9.50 Å². The van der Waals surface area contributed by atoms with Gasteiger partial charge in [0.25, 0.3) is 0 Å². The van der Waals surface area contributed by atoms with Crippen LogP contribution in [0.4, 0.5) is 4.39 Å². The van der Waals surface area contributed by atoms with Crippen molar-refractivity contribution in [2.24, 2.45) is 0 Å². The van der Waals surface area contributed by atoms with Gasteiger partial charge in [0.05, 0.1) is 30.3 Å². The van der Waals surface area contributed by atoms with Crippen LogP contribution >= 0.6 is 0 Å². The molecule has 1 heterocycles. The molecule has 0 amide bonds. The average Bonchev–Trinajstić information content (AvgIpc) is 2.76. The van der Waals surface area contributed by atoms with Crippen LogP contribution in [0, 0.1) is 17.1 Å². The van der Waals surface area contributed by atoms with Gasteiger partial charge in [0, 0.05) is 12.6 Å². The number of likely N-dealkylation sites (N-methyl/N-ethyl adjacent to an activating group) is 1. The number of imidazole rings is 1. The summed E-state index contributed by atoms with van der Waals surface area (Å²) in [6.07, 6.45) is 0. The van der Waals surface area contributed by atoms with Gasteiger partial charge >= 0.3 is 0 Å². The zero-order valence-corrected chi connectivity index (χ0v) is 11.4. The van der Waals surface area contributed by atoms with Crippen molar-refractivity contribution >= 4 is 11.0 Å². The van der Waals surface area contributed by atoms with E-state index in [2.05, 4.69) is 11.1 Å². The molecule has 0 atom stereocenters. The number of fused-ring (bicyclic) bond motifs is 1. The van der Waals surface area contributed by atoms with E-state index in [1.54, 1.807) is 10.6 Å². The van der Waals surface area contributed by atoms with Crippen molar-refractivity contribution in [1.82, 2.24) is 14.5 Å². The van der Waals surface area contributed by atoms with E-state index in [4.69, 9.17) is 10.4 Å². The fourth-order valence-corrected chi connectivity index (χ4v) is 2.21. The highest BCUT2D eigenvalue weighted by Crippen LogP contribution is 2.18. The fraction of sp³-hybridized carbons (Fsp3) is 0.429. The lowest BCUT2D eigenvalue weighted by Gasteiger charge is -2.18. The molecule has 0 bridgehead atoms. The Morgan fingerprint density at radius 3 is 2.95 bits per heavy atom. The number of aliphatic hydroxyl groups is 1. The van der Waals surface area contributed by atoms with E-state index in [9.17, 15) is 4.39 Å². The Balaban J connectivity index is 2.40. The second-order valence-corrected chi connectivity index (χ2v) is 4.50. The maximum absolute atomic E-state index is 13.3. The average molecular weight is 276 g/mol. The number of rotatable bonds is 6. The minimum absolute atomic E-state index is 0.0704. The van der Waals surface area contributed by atoms with Crippen LogP contribution in [0.2, 0.25) is 0 Å². The van der Waals surface area contributed by atoms with Crippen LogP contribution in [0.1, 0.15) is 12.7 Å². The van der Waals surface area contributed by atoms with Gasteiger partial charge in [-0.3, -0.25) is 4.90 Å². The highest BCUT2D eigenvalue weighted by Gasteiger charge is 2.13. The lowest BCUT2D eigenvalue weighted by molar-refractivity contribution is 0.192. The maximum atomic E-state index is 13.3. The predicted octanol–water partition coefficient (Wildman–Crippen LogP) is 1.51. The molecule has 0 aliphatic carbocycles. The smallest absolute Gasteiger partial charge is 0.125 e. The van der Waals surface area contributed by atoms with E-state index >= 15 is 0 Å². The Morgan fingerprint density at radius 1 is 1.50 bits per heavy atom. The third-order valence-electron chi connectivity index (χ3n) is 3.25. The Kier molecular flexibility index (Phi) is 4.66. The summed E-state index contributed by atoms with van der Waals surface area (Å²) in [5.41, 5.74) is 1.30. The Labute approximate surface area is 116 Å². The van der Waals surface area contributed by atoms with Crippen LogP contribution in [0.25, 0.3) is 11.0 Å². The number of hydrogen-bond donors (Lipinski definition) is 1. The summed E-state index contributed by atoms with van der Waals surface area (Å²) in [6.45, 7) is 4.07. The number of nitrogens with zero attached hydrogens (tertiary/aromatic N) is 4. The fourth-order valence-electron chi connectivity index (χ4n) is 2.21. The maximum Gasteiger partial charge on any atom is 0.125 e. The molecule has 2 rings (SSSR count). The summed E-state index contributed by atoms with van der Waals surface area (Å²) < 4.78 is 15.0. The first-order valence-electron chi connectivity index (χ1n) is 6.54. The minimum Gasteiger partial charge on any atom is -0.395 e. The Hall–Kier alpha value is -1.97. The molecule has 2 aromatic rings. The van der Waals surface area contributed by atoms with Gasteiger partial charge in [0.1, 0.15) is 18.2 Å². The third kappa shape index (κ3) is 2.95. The van der Waals surface area contributed by atoms with E-state index in [1.165, 1.54) is 12.1 Å². The molecular weight excluding hydrogens is 259 g/mol.